The molecule has 0 aromatic heterocycles. The van der Waals surface area contributed by atoms with E-state index in [0.29, 0.717) is 22.7 Å². The van der Waals surface area contributed by atoms with Gasteiger partial charge >= 0.3 is 6.03 Å². The second kappa shape index (κ2) is 6.71. The van der Waals surface area contributed by atoms with Gasteiger partial charge in [-0.05, 0) is 42.0 Å². The van der Waals surface area contributed by atoms with Gasteiger partial charge in [-0.3, -0.25) is 14.9 Å². The molecular weight excluding hydrogens is 440 g/mol. The Morgan fingerprint density at radius 1 is 1.07 bits per heavy atom. The lowest BCUT2D eigenvalue weighted by atomic mass is 10.1. The van der Waals surface area contributed by atoms with E-state index in [4.69, 9.17) is 21.1 Å². The van der Waals surface area contributed by atoms with Crippen LogP contribution in [0.1, 0.15) is 5.56 Å². The quantitative estimate of drug-likeness (QED) is 0.560. The molecule has 2 aromatic carbocycles. The van der Waals surface area contributed by atoms with Crippen molar-refractivity contribution < 1.29 is 23.9 Å². The largest absolute Gasteiger partial charge is 0.454 e. The summed E-state index contributed by atoms with van der Waals surface area (Å²) in [7, 11) is 0. The smallest absolute Gasteiger partial charge is 0.335 e. The van der Waals surface area contributed by atoms with Crippen molar-refractivity contribution in [3.05, 3.63) is 57.0 Å². The molecule has 2 aromatic rings. The molecule has 2 aliphatic rings. The Balaban J connectivity index is 1.75. The molecule has 27 heavy (non-hydrogen) atoms. The monoisotopic (exact) mass is 448 g/mol. The molecule has 0 saturated carbocycles. The number of hydrogen-bond donors (Lipinski definition) is 1. The summed E-state index contributed by atoms with van der Waals surface area (Å²) < 4.78 is 11.3. The van der Waals surface area contributed by atoms with E-state index in [2.05, 4.69) is 21.2 Å². The van der Waals surface area contributed by atoms with Gasteiger partial charge in [0, 0.05) is 10.5 Å². The summed E-state index contributed by atoms with van der Waals surface area (Å²) in [6.07, 6.45) is 1.32. The minimum atomic E-state index is -0.818. The average Bonchev–Trinajstić information content (AvgIpc) is 3.07. The Labute approximate surface area is 166 Å². The molecule has 9 heteroatoms. The van der Waals surface area contributed by atoms with E-state index < -0.39 is 17.8 Å². The molecule has 7 nitrogen and oxygen atoms in total. The fourth-order valence-corrected chi connectivity index (χ4v) is 3.15. The topological polar surface area (TPSA) is 84.9 Å². The minimum Gasteiger partial charge on any atom is -0.454 e. The molecule has 1 N–H and O–H groups in total. The molecule has 0 aliphatic carbocycles. The van der Waals surface area contributed by atoms with Gasteiger partial charge < -0.3 is 9.47 Å². The number of urea groups is 1. The zero-order valence-electron chi connectivity index (χ0n) is 13.5. The standard InChI is InChI=1S/C18H10BrClN2O5/c19-10-1-3-11(4-2-10)22-17(24)12(16(23)21-18(22)25)5-9-6-14-15(7-13(9)20)27-8-26-14/h1-7H,8H2,(H,21,23,25)/b12-5+. The SMILES string of the molecule is O=C1NC(=O)N(c2ccc(Br)cc2)C(=O)/C1=C/c1cc2c(cc1Cl)OCO2. The number of nitrogens with zero attached hydrogens (tertiary/aromatic N) is 1. The van der Waals surface area contributed by atoms with Crippen LogP contribution in [-0.2, 0) is 9.59 Å². The molecule has 0 atom stereocenters. The predicted octanol–water partition coefficient (Wildman–Crippen LogP) is 3.50. The minimum absolute atomic E-state index is 0.0664. The summed E-state index contributed by atoms with van der Waals surface area (Å²) >= 11 is 9.50. The molecule has 1 saturated heterocycles. The van der Waals surface area contributed by atoms with Crippen molar-refractivity contribution in [1.82, 2.24) is 5.32 Å². The lowest BCUT2D eigenvalue weighted by molar-refractivity contribution is -0.122. The first-order valence-corrected chi connectivity index (χ1v) is 8.87. The van der Waals surface area contributed by atoms with Gasteiger partial charge in [0.1, 0.15) is 5.57 Å². The second-order valence-electron chi connectivity index (χ2n) is 5.66. The number of rotatable bonds is 2. The Hall–Kier alpha value is -2.84. The highest BCUT2D eigenvalue weighted by molar-refractivity contribution is 9.10. The molecule has 0 radical (unpaired) electrons. The van der Waals surface area contributed by atoms with E-state index in [1.165, 1.54) is 6.08 Å². The Morgan fingerprint density at radius 2 is 1.74 bits per heavy atom. The molecule has 0 unspecified atom stereocenters. The predicted molar refractivity (Wildman–Crippen MR) is 101 cm³/mol. The Kier molecular flexibility index (Phi) is 4.37. The van der Waals surface area contributed by atoms with Crippen molar-refractivity contribution in [2.24, 2.45) is 0 Å². The third-order valence-electron chi connectivity index (χ3n) is 3.98. The number of halogens is 2. The van der Waals surface area contributed by atoms with Crippen molar-refractivity contribution in [3.63, 3.8) is 0 Å². The summed E-state index contributed by atoms with van der Waals surface area (Å²) in [4.78, 5) is 38.2. The number of benzene rings is 2. The first-order chi connectivity index (χ1) is 12.9. The zero-order valence-corrected chi connectivity index (χ0v) is 15.8. The molecule has 0 bridgehead atoms. The lowest BCUT2D eigenvalue weighted by Crippen LogP contribution is -2.54. The number of imide groups is 2. The number of ether oxygens (including phenoxy) is 2. The molecule has 0 spiro atoms. The van der Waals surface area contributed by atoms with E-state index in [1.54, 1.807) is 36.4 Å². The Bertz CT molecular complexity index is 1020. The normalized spacial score (nSPS) is 17.5. The number of nitrogens with one attached hydrogen (secondary N) is 1. The van der Waals surface area contributed by atoms with Crippen LogP contribution in [0, 0.1) is 0 Å². The van der Waals surface area contributed by atoms with E-state index in [-0.39, 0.29) is 17.4 Å². The molecule has 4 rings (SSSR count). The van der Waals surface area contributed by atoms with Crippen LogP contribution in [0.25, 0.3) is 6.08 Å². The summed E-state index contributed by atoms with van der Waals surface area (Å²) in [6, 6.07) is 8.83. The van der Waals surface area contributed by atoms with Crippen LogP contribution in [0.5, 0.6) is 11.5 Å². The molecular formula is C18H10BrClN2O5. The van der Waals surface area contributed by atoms with Crippen molar-refractivity contribution in [1.29, 1.82) is 0 Å². The zero-order chi connectivity index (χ0) is 19.1. The van der Waals surface area contributed by atoms with Crippen molar-refractivity contribution in [2.45, 2.75) is 0 Å². The van der Waals surface area contributed by atoms with E-state index >= 15 is 0 Å². The third kappa shape index (κ3) is 3.17. The van der Waals surface area contributed by atoms with Gasteiger partial charge in [0.15, 0.2) is 11.5 Å². The maximum absolute atomic E-state index is 12.8. The van der Waals surface area contributed by atoms with Crippen LogP contribution in [0.3, 0.4) is 0 Å². The van der Waals surface area contributed by atoms with Crippen LogP contribution < -0.4 is 19.7 Å². The van der Waals surface area contributed by atoms with Gasteiger partial charge in [0.05, 0.1) is 10.7 Å². The number of carbonyl (C=O) groups is 3. The maximum atomic E-state index is 12.8. The number of carbonyl (C=O) groups excluding carboxylic acids is 3. The number of barbiturate groups is 1. The summed E-state index contributed by atoms with van der Waals surface area (Å²) in [5, 5.41) is 2.44. The van der Waals surface area contributed by atoms with Gasteiger partial charge in [-0.25, -0.2) is 9.69 Å². The van der Waals surface area contributed by atoms with Crippen LogP contribution in [0.4, 0.5) is 10.5 Å². The highest BCUT2D eigenvalue weighted by Gasteiger charge is 2.37. The van der Waals surface area contributed by atoms with E-state index in [9.17, 15) is 14.4 Å². The van der Waals surface area contributed by atoms with Gasteiger partial charge in [-0.2, -0.15) is 0 Å². The van der Waals surface area contributed by atoms with Crippen molar-refractivity contribution in [2.75, 3.05) is 11.7 Å². The molecule has 136 valence electrons. The third-order valence-corrected chi connectivity index (χ3v) is 4.83. The van der Waals surface area contributed by atoms with Gasteiger partial charge in [0.2, 0.25) is 6.79 Å². The van der Waals surface area contributed by atoms with Gasteiger partial charge in [0.25, 0.3) is 11.8 Å². The Morgan fingerprint density at radius 3 is 2.44 bits per heavy atom. The van der Waals surface area contributed by atoms with Crippen LogP contribution in [-0.4, -0.2) is 24.6 Å². The van der Waals surface area contributed by atoms with Gasteiger partial charge in [-0.15, -0.1) is 0 Å². The van der Waals surface area contributed by atoms with Gasteiger partial charge in [-0.1, -0.05) is 27.5 Å². The first-order valence-electron chi connectivity index (χ1n) is 7.70. The fraction of sp³-hybridized carbons (Fsp3) is 0.0556. The molecule has 1 fully saturated rings. The van der Waals surface area contributed by atoms with Crippen LogP contribution in [0.15, 0.2) is 46.4 Å². The lowest BCUT2D eigenvalue weighted by Gasteiger charge is -2.26. The number of fused-ring (bicyclic) bond motifs is 1. The van der Waals surface area contributed by atoms with E-state index in [0.717, 1.165) is 9.37 Å². The maximum Gasteiger partial charge on any atom is 0.335 e. The van der Waals surface area contributed by atoms with Crippen molar-refractivity contribution >= 4 is 57.1 Å². The molecule has 2 heterocycles. The van der Waals surface area contributed by atoms with Crippen molar-refractivity contribution in [3.8, 4) is 11.5 Å². The van der Waals surface area contributed by atoms with Crippen LogP contribution >= 0.6 is 27.5 Å². The van der Waals surface area contributed by atoms with E-state index in [1.807, 2.05) is 0 Å². The fourth-order valence-electron chi connectivity index (χ4n) is 2.68. The average molecular weight is 450 g/mol. The summed E-state index contributed by atoms with van der Waals surface area (Å²) in [6.45, 7) is 0.0664. The van der Waals surface area contributed by atoms with Crippen LogP contribution in [0.2, 0.25) is 5.02 Å². The highest BCUT2D eigenvalue weighted by Crippen LogP contribution is 2.38. The number of amides is 4. The summed E-state index contributed by atoms with van der Waals surface area (Å²) in [5.41, 5.74) is 0.499. The summed E-state index contributed by atoms with van der Waals surface area (Å²) in [5.74, 6) is -0.615. The first kappa shape index (κ1) is 17.6. The highest BCUT2D eigenvalue weighted by atomic mass is 79.9. The number of anilines is 1. The molecule has 2 aliphatic heterocycles. The second-order valence-corrected chi connectivity index (χ2v) is 6.98. The number of hydrogen-bond acceptors (Lipinski definition) is 5. The molecule has 4 amide bonds.